The summed E-state index contributed by atoms with van der Waals surface area (Å²) in [6.45, 7) is 8.30. The third kappa shape index (κ3) is 5.53. The number of rotatable bonds is 6. The van der Waals surface area contributed by atoms with Gasteiger partial charge in [-0.05, 0) is 83.3 Å². The van der Waals surface area contributed by atoms with Crippen molar-refractivity contribution in [2.75, 3.05) is 0 Å². The van der Waals surface area contributed by atoms with E-state index in [1.54, 1.807) is 6.07 Å². The van der Waals surface area contributed by atoms with Crippen molar-refractivity contribution in [3.8, 4) is 39.3 Å². The summed E-state index contributed by atoms with van der Waals surface area (Å²) < 4.78 is 77.9. The van der Waals surface area contributed by atoms with Gasteiger partial charge in [0.25, 0.3) is 5.82 Å². The monoisotopic (exact) mass is 660 g/mol. The molecule has 7 rings (SSSR count). The van der Waals surface area contributed by atoms with Crippen LogP contribution in [0.15, 0.2) is 108 Å². The minimum atomic E-state index is -4.66. The molecule has 0 aliphatic carbocycles. The molecule has 0 radical (unpaired) electrons. The average Bonchev–Trinajstić information content (AvgIpc) is 3.66. The largest absolute Gasteiger partial charge is 0.455 e. The molecule has 0 aliphatic rings. The van der Waals surface area contributed by atoms with E-state index in [9.17, 15) is 13.2 Å². The highest BCUT2D eigenvalue weighted by molar-refractivity contribution is 6.10. The van der Waals surface area contributed by atoms with Crippen molar-refractivity contribution in [1.82, 2.24) is 4.57 Å². The van der Waals surface area contributed by atoms with Crippen LogP contribution < -0.4 is 4.57 Å². The Labute approximate surface area is 289 Å². The number of furan rings is 1. The van der Waals surface area contributed by atoms with Crippen LogP contribution in [-0.2, 0) is 13.2 Å². The van der Waals surface area contributed by atoms with Gasteiger partial charge in [-0.15, -0.1) is 0 Å². The Morgan fingerprint density at radius 1 is 0.755 bits per heavy atom. The predicted octanol–water partition coefficient (Wildman–Crippen LogP) is 12.1. The maximum atomic E-state index is 14.1. The second-order valence-corrected chi connectivity index (χ2v) is 13.4. The molecule has 0 aliphatic heterocycles. The maximum absolute atomic E-state index is 14.1. The van der Waals surface area contributed by atoms with Crippen LogP contribution in [0.25, 0.3) is 61.3 Å². The van der Waals surface area contributed by atoms with Crippen LogP contribution in [0.4, 0.5) is 13.2 Å². The lowest BCUT2D eigenvalue weighted by Gasteiger charge is -2.18. The van der Waals surface area contributed by atoms with Crippen molar-refractivity contribution >= 4 is 21.9 Å². The lowest BCUT2D eigenvalue weighted by molar-refractivity contribution is -0.659. The maximum Gasteiger partial charge on any atom is 0.417 e. The quantitative estimate of drug-likeness (QED) is 0.163. The summed E-state index contributed by atoms with van der Waals surface area (Å²) in [6.07, 6.45) is -0.489. The molecule has 0 saturated heterocycles. The van der Waals surface area contributed by atoms with Crippen molar-refractivity contribution < 1.29 is 26.3 Å². The summed E-state index contributed by atoms with van der Waals surface area (Å²) in [5, 5.41) is 1.83. The van der Waals surface area contributed by atoms with Gasteiger partial charge < -0.3 is 4.42 Å². The van der Waals surface area contributed by atoms with Gasteiger partial charge >= 0.3 is 6.18 Å². The van der Waals surface area contributed by atoms with E-state index in [4.69, 9.17) is 8.53 Å². The molecule has 7 aromatic rings. The van der Waals surface area contributed by atoms with Gasteiger partial charge in [-0.25, -0.2) is 4.57 Å². The van der Waals surface area contributed by atoms with E-state index < -0.39 is 18.6 Å². The summed E-state index contributed by atoms with van der Waals surface area (Å²) in [6, 6.07) is 26.1. The second-order valence-electron chi connectivity index (χ2n) is 13.4. The fourth-order valence-electron chi connectivity index (χ4n) is 7.05. The highest BCUT2D eigenvalue weighted by atomic mass is 19.4. The summed E-state index contributed by atoms with van der Waals surface area (Å²) in [5.41, 5.74) is 7.10. The zero-order valence-electron chi connectivity index (χ0n) is 31.4. The molecule has 2 aromatic heterocycles. The Morgan fingerprint density at radius 2 is 1.41 bits per heavy atom. The molecule has 0 bridgehead atoms. The summed E-state index contributed by atoms with van der Waals surface area (Å²) in [4.78, 5) is 0. The minimum absolute atomic E-state index is 0.0174. The van der Waals surface area contributed by atoms with Gasteiger partial charge in [0.2, 0.25) is 0 Å². The van der Waals surface area contributed by atoms with Gasteiger partial charge in [0.1, 0.15) is 29.2 Å². The van der Waals surface area contributed by atoms with E-state index in [2.05, 4.69) is 86.5 Å². The third-order valence-corrected chi connectivity index (χ3v) is 9.53. The topological polar surface area (TPSA) is 21.9 Å². The van der Waals surface area contributed by atoms with Crippen molar-refractivity contribution in [2.45, 2.75) is 59.5 Å². The predicted molar refractivity (Wildman–Crippen MR) is 193 cm³/mol. The molecule has 248 valence electrons. The zero-order chi connectivity index (χ0) is 37.3. The number of hydrogen-bond donors (Lipinski definition) is 0. The summed E-state index contributed by atoms with van der Waals surface area (Å²) in [7, 11) is 2.04. The number of para-hydroxylation sites is 1. The van der Waals surface area contributed by atoms with Crippen LogP contribution in [0.3, 0.4) is 0 Å². The zero-order valence-corrected chi connectivity index (χ0v) is 28.4. The number of halogens is 3. The van der Waals surface area contributed by atoms with Crippen molar-refractivity contribution in [1.29, 1.82) is 0 Å². The third-order valence-electron chi connectivity index (χ3n) is 9.53. The first-order valence-corrected chi connectivity index (χ1v) is 16.5. The van der Waals surface area contributed by atoms with Crippen LogP contribution in [-0.4, -0.2) is 4.57 Å². The molecule has 3 nitrogen and oxygen atoms in total. The molecule has 0 amide bonds. The van der Waals surface area contributed by atoms with Crippen LogP contribution in [0.1, 0.15) is 71.5 Å². The first-order chi connectivity index (χ1) is 24.6. The van der Waals surface area contributed by atoms with E-state index >= 15 is 0 Å². The number of fused-ring (bicyclic) bond motifs is 3. The molecule has 49 heavy (non-hydrogen) atoms. The minimum Gasteiger partial charge on any atom is -0.455 e. The summed E-state index contributed by atoms with van der Waals surface area (Å²) >= 11 is 0. The molecule has 2 heterocycles. The molecule has 0 fully saturated rings. The normalized spacial score (nSPS) is 13.4. The molecule has 0 unspecified atom stereocenters. The van der Waals surface area contributed by atoms with Gasteiger partial charge in [0, 0.05) is 26.0 Å². The molecule has 0 N–H and O–H groups in total. The van der Waals surface area contributed by atoms with Gasteiger partial charge in [0.05, 0.1) is 12.6 Å². The lowest BCUT2D eigenvalue weighted by Crippen LogP contribution is -2.29. The molecule has 0 atom stereocenters. The molecule has 6 heteroatoms. The number of nitrogens with zero attached hydrogens (tertiary/aromatic N) is 2. The average molecular weight is 661 g/mol. The van der Waals surface area contributed by atoms with Crippen LogP contribution in [0.2, 0.25) is 0 Å². The van der Waals surface area contributed by atoms with E-state index in [-0.39, 0.29) is 16.7 Å². The highest BCUT2D eigenvalue weighted by Gasteiger charge is 2.34. The number of aryl methyl sites for hydroxylation is 3. The number of benzene rings is 5. The smallest absolute Gasteiger partial charge is 0.417 e. The fourth-order valence-corrected chi connectivity index (χ4v) is 7.05. The van der Waals surface area contributed by atoms with Gasteiger partial charge in [-0.2, -0.15) is 17.7 Å². The first-order valence-electron chi connectivity index (χ1n) is 18.0. The Balaban J connectivity index is 1.43. The van der Waals surface area contributed by atoms with Crippen LogP contribution in [0.5, 0.6) is 0 Å². The number of alkyl halides is 3. The first kappa shape index (κ1) is 28.9. The molecular weight excluding hydrogens is 617 g/mol. The SMILES string of the molecule is [2H]C([2H])([2H])c1ccc(-c2ccc3c(c2)oc2c(-c4n(-c5c(C(C)C)cccc5C(C)C)cc[n+]4C)c(C)ccc23)cc1-c1ccccc1C(F)(F)F. The van der Waals surface area contributed by atoms with E-state index in [1.165, 1.54) is 47.1 Å². The highest BCUT2D eigenvalue weighted by Crippen LogP contribution is 2.42. The molecule has 0 spiro atoms. The van der Waals surface area contributed by atoms with Gasteiger partial charge in [0.15, 0.2) is 5.58 Å². The van der Waals surface area contributed by atoms with E-state index in [0.29, 0.717) is 28.5 Å². The summed E-state index contributed by atoms with van der Waals surface area (Å²) in [5.74, 6) is 1.57. The molecule has 5 aromatic carbocycles. The molecular formula is C43H40F3N2O+. The Morgan fingerprint density at radius 3 is 2.10 bits per heavy atom. The second kappa shape index (κ2) is 12.1. The number of hydrogen-bond acceptors (Lipinski definition) is 1. The number of aromatic nitrogens is 2. The van der Waals surface area contributed by atoms with Crippen LogP contribution in [0, 0.1) is 13.8 Å². The Kier molecular flexibility index (Phi) is 7.13. The Bertz CT molecular complexity index is 2460. The van der Waals surface area contributed by atoms with Crippen LogP contribution >= 0.6 is 0 Å². The van der Waals surface area contributed by atoms with E-state index in [0.717, 1.165) is 39.4 Å². The van der Waals surface area contributed by atoms with Crippen molar-refractivity contribution in [3.63, 3.8) is 0 Å². The van der Waals surface area contributed by atoms with Crippen molar-refractivity contribution in [2.24, 2.45) is 7.05 Å². The lowest BCUT2D eigenvalue weighted by atomic mass is 9.92. The fraction of sp³-hybridized carbons (Fsp3) is 0.233. The standard InChI is InChI=1S/C43H40F3N2O/c1-25(2)31-12-10-13-32(26(3)4)40(31)48-22-21-47(7)42(48)39-28(6)16-19-35-34-20-18-30(24-38(34)49-41(35)39)29-17-15-27(5)36(23-29)33-11-8-9-14-37(33)43(44,45)46/h8-26H,1-7H3/q+1/i5D3. The Hall–Kier alpha value is -5.10. The van der Waals surface area contributed by atoms with Crippen molar-refractivity contribution in [3.05, 3.63) is 131 Å². The van der Waals surface area contributed by atoms with Gasteiger partial charge in [-0.3, -0.25) is 0 Å². The molecule has 0 saturated carbocycles. The van der Waals surface area contributed by atoms with Gasteiger partial charge in [-0.1, -0.05) is 94.4 Å². The van der Waals surface area contributed by atoms with E-state index in [1.807, 2.05) is 25.2 Å². The number of imidazole rings is 1.